The van der Waals surface area contributed by atoms with Crippen LogP contribution < -0.4 is 5.32 Å². The highest BCUT2D eigenvalue weighted by Gasteiger charge is 2.32. The van der Waals surface area contributed by atoms with Gasteiger partial charge in [-0.1, -0.05) is 24.3 Å². The topological polar surface area (TPSA) is 40.1 Å². The van der Waals surface area contributed by atoms with Crippen LogP contribution in [0.4, 0.5) is 13.2 Å². The van der Waals surface area contributed by atoms with Gasteiger partial charge in [-0.05, 0) is 56.3 Å². The number of nitrogens with one attached hydrogen (secondary N) is 1. The maximum absolute atomic E-state index is 12.5. The van der Waals surface area contributed by atoms with Crippen LogP contribution in [-0.2, 0) is 4.74 Å². The van der Waals surface area contributed by atoms with Crippen molar-refractivity contribution in [3.8, 4) is 0 Å². The lowest BCUT2D eigenvalue weighted by Gasteiger charge is -2.36. The van der Waals surface area contributed by atoms with Gasteiger partial charge in [0.15, 0.2) is 5.96 Å². The van der Waals surface area contributed by atoms with E-state index in [0.29, 0.717) is 25.6 Å². The van der Waals surface area contributed by atoms with Crippen molar-refractivity contribution in [3.63, 3.8) is 0 Å². The summed E-state index contributed by atoms with van der Waals surface area (Å²) < 4.78 is 43.6. The molecule has 2 heterocycles. The third-order valence-corrected chi connectivity index (χ3v) is 6.06. The van der Waals surface area contributed by atoms with Crippen molar-refractivity contribution in [3.05, 3.63) is 35.4 Å². The van der Waals surface area contributed by atoms with Gasteiger partial charge in [-0.15, -0.1) is 24.0 Å². The molecule has 2 aliphatic rings. The summed E-state index contributed by atoms with van der Waals surface area (Å²) in [6.07, 6.45) is -1.48. The van der Waals surface area contributed by atoms with Crippen molar-refractivity contribution in [1.82, 2.24) is 15.1 Å². The standard InChI is InChI=1S/C22H33F3N4O.HI/c1-17-5-3-4-6-19(17)20-15-29(13-14-30-20)21(26-2)27-10-7-18-8-11-28(12-9-18)16-22(23,24)25;/h3-6,18,20H,7-16H2,1-2H3,(H,26,27);1H. The molecule has 5 nitrogen and oxygen atoms in total. The SMILES string of the molecule is CN=C(NCCC1CCN(CC(F)(F)F)CC1)N1CCOC(c2ccccc2C)C1.I. The smallest absolute Gasteiger partial charge is 0.370 e. The van der Waals surface area contributed by atoms with E-state index in [0.717, 1.165) is 44.9 Å². The molecule has 9 heteroatoms. The predicted octanol–water partition coefficient (Wildman–Crippen LogP) is 4.23. The number of hydrogen-bond donors (Lipinski definition) is 1. The Morgan fingerprint density at radius 1 is 1.19 bits per heavy atom. The lowest BCUT2D eigenvalue weighted by atomic mass is 9.93. The molecule has 0 spiro atoms. The Balaban J connectivity index is 0.00000341. The highest BCUT2D eigenvalue weighted by atomic mass is 127. The van der Waals surface area contributed by atoms with Crippen LogP contribution in [0.3, 0.4) is 0 Å². The van der Waals surface area contributed by atoms with Crippen LogP contribution in [0, 0.1) is 12.8 Å². The molecule has 2 fully saturated rings. The first-order valence-corrected chi connectivity index (χ1v) is 10.8. The molecule has 0 amide bonds. The first-order chi connectivity index (χ1) is 14.4. The van der Waals surface area contributed by atoms with Gasteiger partial charge in [-0.2, -0.15) is 13.2 Å². The minimum Gasteiger partial charge on any atom is -0.370 e. The Morgan fingerprint density at radius 3 is 2.55 bits per heavy atom. The van der Waals surface area contributed by atoms with Crippen LogP contribution in [0.2, 0.25) is 0 Å². The summed E-state index contributed by atoms with van der Waals surface area (Å²) in [5.41, 5.74) is 2.44. The lowest BCUT2D eigenvalue weighted by Crippen LogP contribution is -2.48. The fourth-order valence-corrected chi connectivity index (χ4v) is 4.39. The summed E-state index contributed by atoms with van der Waals surface area (Å²) in [6, 6.07) is 8.29. The number of aryl methyl sites for hydroxylation is 1. The number of rotatable bonds is 5. The molecule has 1 atom stereocenters. The molecule has 0 bridgehead atoms. The molecule has 1 aromatic carbocycles. The molecule has 3 rings (SSSR count). The van der Waals surface area contributed by atoms with E-state index < -0.39 is 12.7 Å². The minimum atomic E-state index is -4.10. The van der Waals surface area contributed by atoms with Crippen molar-refractivity contribution in [2.24, 2.45) is 10.9 Å². The Kier molecular flexibility index (Phi) is 10.3. The normalized spacial score (nSPS) is 21.6. The highest BCUT2D eigenvalue weighted by Crippen LogP contribution is 2.26. The van der Waals surface area contributed by atoms with Crippen LogP contribution in [-0.4, -0.2) is 74.9 Å². The molecule has 31 heavy (non-hydrogen) atoms. The minimum absolute atomic E-state index is 0. The Hall–Kier alpha value is -1.07. The molecule has 1 unspecified atom stereocenters. The largest absolute Gasteiger partial charge is 0.401 e. The van der Waals surface area contributed by atoms with Gasteiger partial charge in [0, 0.05) is 20.1 Å². The third kappa shape index (κ3) is 8.09. The van der Waals surface area contributed by atoms with Crippen LogP contribution in [0.5, 0.6) is 0 Å². The maximum Gasteiger partial charge on any atom is 0.401 e. The van der Waals surface area contributed by atoms with E-state index in [2.05, 4.69) is 34.3 Å². The van der Waals surface area contributed by atoms with Gasteiger partial charge in [0.2, 0.25) is 0 Å². The Labute approximate surface area is 200 Å². The molecule has 2 saturated heterocycles. The average Bonchev–Trinajstić information content (AvgIpc) is 2.72. The maximum atomic E-state index is 12.5. The number of ether oxygens (including phenoxy) is 1. The second-order valence-corrected chi connectivity index (χ2v) is 8.26. The molecule has 0 aliphatic carbocycles. The van der Waals surface area contributed by atoms with Gasteiger partial charge < -0.3 is 15.0 Å². The molecular weight excluding hydrogens is 520 g/mol. The van der Waals surface area contributed by atoms with Gasteiger partial charge in [0.25, 0.3) is 0 Å². The van der Waals surface area contributed by atoms with E-state index in [-0.39, 0.29) is 30.1 Å². The number of nitrogens with zero attached hydrogens (tertiary/aromatic N) is 3. The van der Waals surface area contributed by atoms with Crippen LogP contribution in [0.1, 0.15) is 36.5 Å². The molecule has 2 aliphatic heterocycles. The molecule has 176 valence electrons. The van der Waals surface area contributed by atoms with E-state index >= 15 is 0 Å². The summed E-state index contributed by atoms with van der Waals surface area (Å²) in [5, 5.41) is 3.45. The number of alkyl halides is 3. The summed E-state index contributed by atoms with van der Waals surface area (Å²) in [4.78, 5) is 8.18. The molecule has 1 N–H and O–H groups in total. The first-order valence-electron chi connectivity index (χ1n) is 10.8. The quantitative estimate of drug-likeness (QED) is 0.336. The number of halogens is 4. The molecular formula is C22H34F3IN4O. The molecule has 0 saturated carbocycles. The number of benzene rings is 1. The van der Waals surface area contributed by atoms with Crippen molar-refractivity contribution in [1.29, 1.82) is 0 Å². The highest BCUT2D eigenvalue weighted by molar-refractivity contribution is 14.0. The Bertz CT molecular complexity index is 708. The van der Waals surface area contributed by atoms with E-state index in [1.807, 2.05) is 12.1 Å². The van der Waals surface area contributed by atoms with Crippen LogP contribution in [0.25, 0.3) is 0 Å². The van der Waals surface area contributed by atoms with Crippen LogP contribution >= 0.6 is 24.0 Å². The number of aliphatic imine (C=N–C) groups is 1. The van der Waals surface area contributed by atoms with Crippen molar-refractivity contribution in [2.45, 2.75) is 38.5 Å². The zero-order chi connectivity index (χ0) is 21.6. The number of piperidine rings is 1. The zero-order valence-corrected chi connectivity index (χ0v) is 20.7. The van der Waals surface area contributed by atoms with Crippen molar-refractivity contribution >= 4 is 29.9 Å². The summed E-state index contributed by atoms with van der Waals surface area (Å²) in [7, 11) is 1.79. The van der Waals surface area contributed by atoms with E-state index in [1.54, 1.807) is 7.05 Å². The Morgan fingerprint density at radius 2 is 1.90 bits per heavy atom. The molecule has 0 radical (unpaired) electrons. The summed E-state index contributed by atoms with van der Waals surface area (Å²) >= 11 is 0. The van der Waals surface area contributed by atoms with E-state index in [9.17, 15) is 13.2 Å². The van der Waals surface area contributed by atoms with Crippen LogP contribution in [0.15, 0.2) is 29.3 Å². The summed E-state index contributed by atoms with van der Waals surface area (Å²) in [5.74, 6) is 1.33. The fourth-order valence-electron chi connectivity index (χ4n) is 4.39. The molecule has 0 aromatic heterocycles. The number of likely N-dealkylation sites (tertiary alicyclic amines) is 1. The van der Waals surface area contributed by atoms with Crippen molar-refractivity contribution in [2.75, 3.05) is 52.9 Å². The average molecular weight is 554 g/mol. The second kappa shape index (κ2) is 12.2. The number of hydrogen-bond acceptors (Lipinski definition) is 3. The van der Waals surface area contributed by atoms with Gasteiger partial charge in [-0.3, -0.25) is 9.89 Å². The van der Waals surface area contributed by atoms with E-state index in [1.165, 1.54) is 16.0 Å². The van der Waals surface area contributed by atoms with Crippen molar-refractivity contribution < 1.29 is 17.9 Å². The lowest BCUT2D eigenvalue weighted by molar-refractivity contribution is -0.148. The summed E-state index contributed by atoms with van der Waals surface area (Å²) in [6.45, 7) is 5.34. The number of morpholine rings is 1. The van der Waals surface area contributed by atoms with E-state index in [4.69, 9.17) is 4.74 Å². The third-order valence-electron chi connectivity index (χ3n) is 6.06. The predicted molar refractivity (Wildman–Crippen MR) is 128 cm³/mol. The number of guanidine groups is 1. The fraction of sp³-hybridized carbons (Fsp3) is 0.682. The first kappa shape index (κ1) is 26.2. The molecule has 1 aromatic rings. The van der Waals surface area contributed by atoms with Gasteiger partial charge >= 0.3 is 6.18 Å². The monoisotopic (exact) mass is 554 g/mol. The van der Waals surface area contributed by atoms with Gasteiger partial charge in [-0.25, -0.2) is 0 Å². The second-order valence-electron chi connectivity index (χ2n) is 8.26. The zero-order valence-electron chi connectivity index (χ0n) is 18.3. The van der Waals surface area contributed by atoms with Gasteiger partial charge in [0.05, 0.1) is 19.7 Å². The van der Waals surface area contributed by atoms with Gasteiger partial charge in [0.1, 0.15) is 6.10 Å².